The topological polar surface area (TPSA) is 77.6 Å². The average molecular weight is 281 g/mol. The van der Waals surface area contributed by atoms with Gasteiger partial charge in [-0.15, -0.1) is 0 Å². The van der Waals surface area contributed by atoms with Crippen molar-refractivity contribution in [2.24, 2.45) is 0 Å². The first kappa shape index (κ1) is 14.0. The predicted molar refractivity (Wildman–Crippen MR) is 69.3 cm³/mol. The lowest BCUT2D eigenvalue weighted by molar-refractivity contribution is -0.761. The Hall–Kier alpha value is -2.44. The van der Waals surface area contributed by atoms with Crippen molar-refractivity contribution in [2.45, 2.75) is 13.0 Å². The van der Waals surface area contributed by atoms with Crippen molar-refractivity contribution in [3.63, 3.8) is 0 Å². The van der Waals surface area contributed by atoms with Gasteiger partial charge in [0.15, 0.2) is 18.0 Å². The Morgan fingerprint density at radius 2 is 1.80 bits per heavy atom. The van der Waals surface area contributed by atoms with Crippen molar-refractivity contribution < 1.29 is 23.4 Å². The molecule has 20 heavy (non-hydrogen) atoms. The van der Waals surface area contributed by atoms with E-state index in [0.29, 0.717) is 30.2 Å². The Bertz CT molecular complexity index is 607. The van der Waals surface area contributed by atoms with Crippen LogP contribution in [0, 0.1) is 0 Å². The fourth-order valence-corrected chi connectivity index (χ4v) is 1.92. The number of aromatic amines is 1. The van der Waals surface area contributed by atoms with E-state index in [0.717, 1.165) is 5.56 Å². The molecule has 0 saturated heterocycles. The summed E-state index contributed by atoms with van der Waals surface area (Å²) in [6.45, 7) is 0.574. The molecule has 1 N–H and O–H groups in total. The molecule has 0 bridgehead atoms. The summed E-state index contributed by atoms with van der Waals surface area (Å²) in [5, 5.41) is 2.50. The van der Waals surface area contributed by atoms with E-state index >= 15 is 0 Å². The molecule has 0 saturated carbocycles. The third-order valence-corrected chi connectivity index (χ3v) is 2.89. The van der Waals surface area contributed by atoms with Crippen molar-refractivity contribution >= 4 is 0 Å². The highest BCUT2D eigenvalue weighted by molar-refractivity contribution is 5.53. The summed E-state index contributed by atoms with van der Waals surface area (Å²) < 4.78 is 22.0. The molecule has 0 amide bonds. The monoisotopic (exact) mass is 281 g/mol. The number of hydrogen-bond donors (Lipinski definition) is 1. The summed E-state index contributed by atoms with van der Waals surface area (Å²) >= 11 is 0. The van der Waals surface area contributed by atoms with Gasteiger partial charge in [-0.3, -0.25) is 4.52 Å². The second-order valence-electron chi connectivity index (χ2n) is 4.12. The molecule has 7 nitrogen and oxygen atoms in total. The maximum absolute atomic E-state index is 10.9. The Morgan fingerprint density at radius 3 is 2.25 bits per heavy atom. The minimum Gasteiger partial charge on any atom is -0.493 e. The molecule has 0 aliphatic rings. The minimum absolute atomic E-state index is 0.408. The lowest BCUT2D eigenvalue weighted by Gasteiger charge is -2.13. The first-order chi connectivity index (χ1) is 9.67. The van der Waals surface area contributed by atoms with Crippen LogP contribution in [-0.2, 0) is 13.0 Å². The van der Waals surface area contributed by atoms with Crippen LogP contribution in [0.5, 0.6) is 17.2 Å². The van der Waals surface area contributed by atoms with E-state index < -0.39 is 5.63 Å². The third kappa shape index (κ3) is 2.93. The summed E-state index contributed by atoms with van der Waals surface area (Å²) in [5.74, 6) is 1.77. The Kier molecular flexibility index (Phi) is 4.29. The molecule has 0 aliphatic heterocycles. The fraction of sp³-hybridized carbons (Fsp3) is 0.385. The highest BCUT2D eigenvalue weighted by atomic mass is 16.5. The maximum atomic E-state index is 10.9. The van der Waals surface area contributed by atoms with Crippen LogP contribution in [0.4, 0.5) is 0 Å². The number of aryl methyl sites for hydroxylation is 2. The zero-order chi connectivity index (χ0) is 14.5. The minimum atomic E-state index is -0.408. The van der Waals surface area contributed by atoms with Crippen molar-refractivity contribution in [1.82, 2.24) is 5.27 Å². The standard InChI is InChI=1S/C13H16N2O5/c1-17-10-6-9(7-11(18-2)13(10)19-3)4-5-15-8-12(16)20-14-15/h6-8H,4-5H2,1-3H3/p+1. The zero-order valence-electron chi connectivity index (χ0n) is 11.6. The number of nitrogens with zero attached hydrogens (tertiary/aromatic N) is 1. The van der Waals surface area contributed by atoms with E-state index in [-0.39, 0.29) is 0 Å². The van der Waals surface area contributed by atoms with E-state index in [1.807, 2.05) is 12.1 Å². The van der Waals surface area contributed by atoms with Crippen molar-refractivity contribution in [1.29, 1.82) is 0 Å². The van der Waals surface area contributed by atoms with Gasteiger partial charge < -0.3 is 14.2 Å². The van der Waals surface area contributed by atoms with Gasteiger partial charge in [-0.1, -0.05) is 4.68 Å². The molecule has 0 aliphatic carbocycles. The van der Waals surface area contributed by atoms with Gasteiger partial charge >= 0.3 is 5.63 Å². The number of H-pyrrole nitrogens is 1. The molecule has 1 heterocycles. The Balaban J connectivity index is 2.21. The summed E-state index contributed by atoms with van der Waals surface area (Å²) in [6.07, 6.45) is 2.04. The van der Waals surface area contributed by atoms with Crippen LogP contribution < -0.4 is 24.5 Å². The number of rotatable bonds is 6. The van der Waals surface area contributed by atoms with Gasteiger partial charge in [-0.05, 0) is 23.0 Å². The van der Waals surface area contributed by atoms with Crippen LogP contribution in [0.3, 0.4) is 0 Å². The van der Waals surface area contributed by atoms with E-state index in [1.165, 1.54) is 6.20 Å². The molecule has 7 heteroatoms. The highest BCUT2D eigenvalue weighted by Crippen LogP contribution is 2.38. The first-order valence-electron chi connectivity index (χ1n) is 6.04. The summed E-state index contributed by atoms with van der Waals surface area (Å²) in [5.41, 5.74) is 0.587. The first-order valence-corrected chi connectivity index (χ1v) is 6.04. The molecule has 0 spiro atoms. The van der Waals surface area contributed by atoms with Crippen LogP contribution in [0.2, 0.25) is 0 Å². The Labute approximate surface area is 115 Å². The predicted octanol–water partition coefficient (Wildman–Crippen LogP) is 0.524. The lowest BCUT2D eigenvalue weighted by Crippen LogP contribution is -2.36. The van der Waals surface area contributed by atoms with Crippen LogP contribution in [0.1, 0.15) is 5.56 Å². The molecule has 108 valence electrons. The third-order valence-electron chi connectivity index (χ3n) is 2.89. The summed E-state index contributed by atoms with van der Waals surface area (Å²) in [6, 6.07) is 3.75. The van der Waals surface area contributed by atoms with Crippen molar-refractivity contribution in [3.8, 4) is 17.2 Å². The van der Waals surface area contributed by atoms with Crippen LogP contribution in [0.15, 0.2) is 27.6 Å². The second kappa shape index (κ2) is 6.14. The normalized spacial score (nSPS) is 10.3. The van der Waals surface area contributed by atoms with Gasteiger partial charge in [0, 0.05) is 6.42 Å². The number of benzene rings is 1. The number of methoxy groups -OCH3 is 3. The molecule has 1 aromatic heterocycles. The van der Waals surface area contributed by atoms with Gasteiger partial charge in [0.2, 0.25) is 5.75 Å². The SMILES string of the molecule is COc1cc(CC[n+]2cc(=O)o[nH]2)cc(OC)c1OC. The smallest absolute Gasteiger partial charge is 0.426 e. The molecule has 1 aromatic carbocycles. The van der Waals surface area contributed by atoms with Crippen LogP contribution >= 0.6 is 0 Å². The number of hydrogen-bond acceptors (Lipinski definition) is 5. The number of nitrogens with one attached hydrogen (secondary N) is 1. The van der Waals surface area contributed by atoms with Crippen LogP contribution in [0.25, 0.3) is 0 Å². The molecule has 0 unspecified atom stereocenters. The molecular formula is C13H17N2O5+. The quantitative estimate of drug-likeness (QED) is 0.781. The number of aromatic nitrogens is 2. The van der Waals surface area contributed by atoms with Gasteiger partial charge in [-0.25, -0.2) is 4.79 Å². The largest absolute Gasteiger partial charge is 0.493 e. The summed E-state index contributed by atoms with van der Waals surface area (Å²) in [7, 11) is 4.71. The molecule has 0 atom stereocenters. The Morgan fingerprint density at radius 1 is 1.15 bits per heavy atom. The maximum Gasteiger partial charge on any atom is 0.426 e. The molecule has 2 rings (SSSR count). The van der Waals surface area contributed by atoms with Crippen molar-refractivity contribution in [3.05, 3.63) is 34.3 Å². The lowest BCUT2D eigenvalue weighted by atomic mass is 10.1. The zero-order valence-corrected chi connectivity index (χ0v) is 11.6. The molecular weight excluding hydrogens is 264 g/mol. The van der Waals surface area contributed by atoms with E-state index in [9.17, 15) is 4.79 Å². The highest BCUT2D eigenvalue weighted by Gasteiger charge is 2.14. The van der Waals surface area contributed by atoms with Gasteiger partial charge in [0.05, 0.1) is 21.3 Å². The summed E-state index contributed by atoms with van der Waals surface area (Å²) in [4.78, 5) is 10.9. The van der Waals surface area contributed by atoms with Crippen molar-refractivity contribution in [2.75, 3.05) is 21.3 Å². The average Bonchev–Trinajstić information content (AvgIpc) is 2.89. The van der Waals surface area contributed by atoms with Gasteiger partial charge in [0.1, 0.15) is 0 Å². The van der Waals surface area contributed by atoms with E-state index in [2.05, 4.69) is 9.79 Å². The van der Waals surface area contributed by atoms with E-state index in [1.54, 1.807) is 26.0 Å². The molecule has 2 aromatic rings. The fourth-order valence-electron chi connectivity index (χ4n) is 1.92. The number of ether oxygens (including phenoxy) is 3. The second-order valence-corrected chi connectivity index (χ2v) is 4.12. The van der Waals surface area contributed by atoms with Gasteiger partial charge in [0.25, 0.3) is 6.20 Å². The van der Waals surface area contributed by atoms with Gasteiger partial charge in [-0.2, -0.15) is 0 Å². The molecule has 0 fully saturated rings. The van der Waals surface area contributed by atoms with Crippen LogP contribution in [-0.4, -0.2) is 26.6 Å². The van der Waals surface area contributed by atoms with E-state index in [4.69, 9.17) is 14.2 Å². The molecule has 0 radical (unpaired) electrons.